The highest BCUT2D eigenvalue weighted by molar-refractivity contribution is 5.73. The smallest absolute Gasteiger partial charge is 0.0674 e. The number of nitrogens with zero attached hydrogens (tertiary/aromatic N) is 2. The van der Waals surface area contributed by atoms with Gasteiger partial charge in [-0.25, -0.2) is 0 Å². The fourth-order valence-corrected chi connectivity index (χ4v) is 3.82. The lowest BCUT2D eigenvalue weighted by Gasteiger charge is -2.29. The van der Waals surface area contributed by atoms with E-state index in [2.05, 4.69) is 56.3 Å². The summed E-state index contributed by atoms with van der Waals surface area (Å²) in [6.45, 7) is 8.75. The van der Waals surface area contributed by atoms with Crippen molar-refractivity contribution >= 4 is 0 Å². The van der Waals surface area contributed by atoms with Gasteiger partial charge < -0.3 is 5.32 Å². The maximum absolute atomic E-state index is 4.59. The molecule has 0 radical (unpaired) electrons. The van der Waals surface area contributed by atoms with Gasteiger partial charge in [-0.05, 0) is 49.8 Å². The van der Waals surface area contributed by atoms with E-state index < -0.39 is 0 Å². The fourth-order valence-electron chi connectivity index (χ4n) is 3.82. The molecular weight excluding hydrogens is 270 g/mol. The van der Waals surface area contributed by atoms with Crippen molar-refractivity contribution < 1.29 is 0 Å². The number of aryl methyl sites for hydroxylation is 2. The second kappa shape index (κ2) is 5.88. The molecule has 118 valence electrons. The third-order valence-corrected chi connectivity index (χ3v) is 4.83. The first-order valence-electron chi connectivity index (χ1n) is 8.34. The Labute approximate surface area is 133 Å². The van der Waals surface area contributed by atoms with Crippen LogP contribution in [0, 0.1) is 13.8 Å². The molecule has 1 heterocycles. The highest BCUT2D eigenvalue weighted by Crippen LogP contribution is 2.35. The molecule has 0 amide bonds. The summed E-state index contributed by atoms with van der Waals surface area (Å²) in [4.78, 5) is 0. The number of hydrogen-bond donors (Lipinski definition) is 1. The number of rotatable bonds is 3. The van der Waals surface area contributed by atoms with E-state index in [0.717, 1.165) is 18.5 Å². The minimum atomic E-state index is 0.553. The maximum Gasteiger partial charge on any atom is 0.0674 e. The van der Waals surface area contributed by atoms with Gasteiger partial charge in [0.1, 0.15) is 0 Å². The van der Waals surface area contributed by atoms with E-state index in [9.17, 15) is 0 Å². The van der Waals surface area contributed by atoms with E-state index in [-0.39, 0.29) is 0 Å². The maximum atomic E-state index is 4.59. The molecule has 2 aromatic rings. The standard InChI is InChI=1S/C19H27N3/c1-12(2)20-16-9-10-17-15(11-16)7-6-8-18(17)19-13(3)21-22(5)14(19)4/h6-8,12,16,20H,9-11H2,1-5H3. The van der Waals surface area contributed by atoms with Crippen LogP contribution in [-0.4, -0.2) is 21.9 Å². The third-order valence-electron chi connectivity index (χ3n) is 4.83. The van der Waals surface area contributed by atoms with Crippen LogP contribution in [0.4, 0.5) is 0 Å². The van der Waals surface area contributed by atoms with Gasteiger partial charge >= 0.3 is 0 Å². The average molecular weight is 297 g/mol. The van der Waals surface area contributed by atoms with Gasteiger partial charge in [-0.1, -0.05) is 32.0 Å². The molecule has 0 fully saturated rings. The summed E-state index contributed by atoms with van der Waals surface area (Å²) >= 11 is 0. The highest BCUT2D eigenvalue weighted by atomic mass is 15.3. The Balaban J connectivity index is 2.00. The summed E-state index contributed by atoms with van der Waals surface area (Å²) in [5, 5.41) is 8.29. The van der Waals surface area contributed by atoms with Crippen LogP contribution in [0.2, 0.25) is 0 Å². The zero-order valence-corrected chi connectivity index (χ0v) is 14.4. The van der Waals surface area contributed by atoms with Crippen molar-refractivity contribution in [1.82, 2.24) is 15.1 Å². The molecule has 1 aliphatic carbocycles. The number of fused-ring (bicyclic) bond motifs is 1. The van der Waals surface area contributed by atoms with Gasteiger partial charge in [0.05, 0.1) is 5.69 Å². The number of hydrogen-bond acceptors (Lipinski definition) is 2. The summed E-state index contributed by atoms with van der Waals surface area (Å²) in [6.07, 6.45) is 3.52. The number of nitrogens with one attached hydrogen (secondary N) is 1. The van der Waals surface area contributed by atoms with Gasteiger partial charge in [-0.3, -0.25) is 4.68 Å². The molecule has 0 bridgehead atoms. The molecule has 3 heteroatoms. The molecule has 0 saturated heterocycles. The van der Waals surface area contributed by atoms with Crippen LogP contribution in [0.25, 0.3) is 11.1 Å². The minimum Gasteiger partial charge on any atom is -0.311 e. The highest BCUT2D eigenvalue weighted by Gasteiger charge is 2.23. The molecule has 1 aromatic carbocycles. The molecule has 1 aliphatic rings. The van der Waals surface area contributed by atoms with Crippen LogP contribution >= 0.6 is 0 Å². The molecule has 1 aromatic heterocycles. The van der Waals surface area contributed by atoms with Crippen LogP contribution in [0.3, 0.4) is 0 Å². The Kier molecular flexibility index (Phi) is 4.09. The SMILES string of the molecule is Cc1nn(C)c(C)c1-c1cccc2c1CCC(NC(C)C)C2. The first kappa shape index (κ1) is 15.3. The third kappa shape index (κ3) is 2.70. The number of benzene rings is 1. The molecule has 3 rings (SSSR count). The molecule has 0 aliphatic heterocycles. The number of aromatic nitrogens is 2. The van der Waals surface area contributed by atoms with Gasteiger partial charge in [0.25, 0.3) is 0 Å². The van der Waals surface area contributed by atoms with E-state index >= 15 is 0 Å². The summed E-state index contributed by atoms with van der Waals surface area (Å²) in [7, 11) is 2.03. The summed E-state index contributed by atoms with van der Waals surface area (Å²) in [6, 6.07) is 7.94. The van der Waals surface area contributed by atoms with Crippen LogP contribution in [0.1, 0.15) is 42.8 Å². The Morgan fingerprint density at radius 1 is 1.27 bits per heavy atom. The van der Waals surface area contributed by atoms with Crippen molar-refractivity contribution in [2.75, 3.05) is 0 Å². The Hall–Kier alpha value is -1.61. The quantitative estimate of drug-likeness (QED) is 0.939. The van der Waals surface area contributed by atoms with Crippen molar-refractivity contribution in [1.29, 1.82) is 0 Å². The van der Waals surface area contributed by atoms with Gasteiger partial charge in [0.2, 0.25) is 0 Å². The zero-order valence-electron chi connectivity index (χ0n) is 14.4. The predicted molar refractivity (Wildman–Crippen MR) is 92.2 cm³/mol. The molecule has 1 atom stereocenters. The Morgan fingerprint density at radius 3 is 2.68 bits per heavy atom. The lowest BCUT2D eigenvalue weighted by Crippen LogP contribution is -2.38. The lowest BCUT2D eigenvalue weighted by atomic mass is 9.83. The molecule has 1 unspecified atom stereocenters. The Bertz CT molecular complexity index is 682. The largest absolute Gasteiger partial charge is 0.311 e. The van der Waals surface area contributed by atoms with Crippen molar-refractivity contribution in [3.05, 3.63) is 40.7 Å². The molecule has 0 spiro atoms. The summed E-state index contributed by atoms with van der Waals surface area (Å²) < 4.78 is 2.00. The van der Waals surface area contributed by atoms with E-state index in [1.165, 1.54) is 34.4 Å². The first-order valence-corrected chi connectivity index (χ1v) is 8.34. The topological polar surface area (TPSA) is 29.9 Å². The van der Waals surface area contributed by atoms with Gasteiger partial charge in [-0.2, -0.15) is 5.10 Å². The molecule has 1 N–H and O–H groups in total. The minimum absolute atomic E-state index is 0.553. The van der Waals surface area contributed by atoms with E-state index in [1.807, 2.05) is 11.7 Å². The molecule has 22 heavy (non-hydrogen) atoms. The van der Waals surface area contributed by atoms with Crippen LogP contribution < -0.4 is 5.32 Å². The average Bonchev–Trinajstić information content (AvgIpc) is 2.70. The fraction of sp³-hybridized carbons (Fsp3) is 0.526. The first-order chi connectivity index (χ1) is 10.5. The van der Waals surface area contributed by atoms with E-state index in [0.29, 0.717) is 12.1 Å². The Morgan fingerprint density at radius 2 is 2.05 bits per heavy atom. The van der Waals surface area contributed by atoms with Gasteiger partial charge in [0.15, 0.2) is 0 Å². The molecular formula is C19H27N3. The second-order valence-electron chi connectivity index (χ2n) is 6.87. The van der Waals surface area contributed by atoms with Crippen LogP contribution in [0.15, 0.2) is 18.2 Å². The van der Waals surface area contributed by atoms with Crippen molar-refractivity contribution in [3.8, 4) is 11.1 Å². The predicted octanol–water partition coefficient (Wildman–Crippen LogP) is 3.56. The lowest BCUT2D eigenvalue weighted by molar-refractivity contribution is 0.422. The van der Waals surface area contributed by atoms with Gasteiger partial charge in [-0.15, -0.1) is 0 Å². The second-order valence-corrected chi connectivity index (χ2v) is 6.87. The van der Waals surface area contributed by atoms with Crippen molar-refractivity contribution in [3.63, 3.8) is 0 Å². The van der Waals surface area contributed by atoms with Crippen LogP contribution in [0.5, 0.6) is 0 Å². The van der Waals surface area contributed by atoms with Crippen molar-refractivity contribution in [2.24, 2.45) is 7.05 Å². The molecule has 0 saturated carbocycles. The van der Waals surface area contributed by atoms with Crippen molar-refractivity contribution in [2.45, 2.75) is 59.0 Å². The van der Waals surface area contributed by atoms with Gasteiger partial charge in [0, 0.05) is 30.4 Å². The monoisotopic (exact) mass is 297 g/mol. The summed E-state index contributed by atoms with van der Waals surface area (Å²) in [5.74, 6) is 0. The van der Waals surface area contributed by atoms with Crippen LogP contribution in [-0.2, 0) is 19.9 Å². The zero-order chi connectivity index (χ0) is 15.9. The normalized spacial score (nSPS) is 17.8. The van der Waals surface area contributed by atoms with E-state index in [4.69, 9.17) is 0 Å². The van der Waals surface area contributed by atoms with E-state index in [1.54, 1.807) is 0 Å². The summed E-state index contributed by atoms with van der Waals surface area (Å²) in [5.41, 5.74) is 8.15. The molecule has 3 nitrogen and oxygen atoms in total.